The number of benzene rings is 1. The highest BCUT2D eigenvalue weighted by molar-refractivity contribution is 7.92. The summed E-state index contributed by atoms with van der Waals surface area (Å²) in [6.45, 7) is 1.44. The summed E-state index contributed by atoms with van der Waals surface area (Å²) in [6.07, 6.45) is 1.36. The number of aliphatic hydroxyl groups excluding tert-OH is 1. The quantitative estimate of drug-likeness (QED) is 0.903. The van der Waals surface area contributed by atoms with Gasteiger partial charge in [-0.25, -0.2) is 12.8 Å². The van der Waals surface area contributed by atoms with Crippen LogP contribution in [0.3, 0.4) is 0 Å². The van der Waals surface area contributed by atoms with E-state index in [4.69, 9.17) is 5.11 Å². The first-order chi connectivity index (χ1) is 9.33. The van der Waals surface area contributed by atoms with Gasteiger partial charge in [-0.05, 0) is 30.7 Å². The van der Waals surface area contributed by atoms with Crippen molar-refractivity contribution < 1.29 is 17.9 Å². The minimum Gasteiger partial charge on any atom is -0.390 e. The molecule has 5 nitrogen and oxygen atoms in total. The summed E-state index contributed by atoms with van der Waals surface area (Å²) in [6, 6.07) is 5.58. The molecule has 1 aromatic heterocycles. The van der Waals surface area contributed by atoms with Crippen molar-refractivity contribution in [2.45, 2.75) is 18.4 Å². The Morgan fingerprint density at radius 1 is 1.35 bits per heavy atom. The number of nitrogens with zero attached hydrogens (tertiary/aromatic N) is 1. The highest BCUT2D eigenvalue weighted by Gasteiger charge is 2.19. The van der Waals surface area contributed by atoms with Crippen molar-refractivity contribution in [3.05, 3.63) is 47.5 Å². The molecule has 20 heavy (non-hydrogen) atoms. The molecule has 2 aromatic rings. The summed E-state index contributed by atoms with van der Waals surface area (Å²) in [5.41, 5.74) is 1.05. The Labute approximate surface area is 116 Å². The van der Waals surface area contributed by atoms with E-state index in [2.05, 4.69) is 4.72 Å². The number of hydrogen-bond acceptors (Lipinski definition) is 3. The van der Waals surface area contributed by atoms with Gasteiger partial charge in [-0.15, -0.1) is 0 Å². The largest absolute Gasteiger partial charge is 0.390 e. The summed E-state index contributed by atoms with van der Waals surface area (Å²) in [4.78, 5) is -0.0241. The first kappa shape index (κ1) is 14.5. The number of aliphatic hydroxyl groups is 1. The van der Waals surface area contributed by atoms with Crippen molar-refractivity contribution >= 4 is 15.7 Å². The van der Waals surface area contributed by atoms with Gasteiger partial charge in [0.2, 0.25) is 0 Å². The lowest BCUT2D eigenvalue weighted by Crippen LogP contribution is -2.13. The number of aryl methyl sites for hydroxylation is 2. The topological polar surface area (TPSA) is 71.3 Å². The van der Waals surface area contributed by atoms with Crippen LogP contribution in [0.4, 0.5) is 10.1 Å². The maximum Gasteiger partial charge on any atom is 0.263 e. The zero-order chi connectivity index (χ0) is 14.9. The maximum atomic E-state index is 13.7. The molecular formula is C13H15FN2O3S. The zero-order valence-electron chi connectivity index (χ0n) is 11.1. The van der Waals surface area contributed by atoms with E-state index in [-0.39, 0.29) is 17.2 Å². The van der Waals surface area contributed by atoms with Gasteiger partial charge in [0.1, 0.15) is 10.7 Å². The first-order valence-corrected chi connectivity index (χ1v) is 7.37. The molecule has 0 saturated heterocycles. The van der Waals surface area contributed by atoms with Gasteiger partial charge >= 0.3 is 0 Å². The number of sulfonamides is 1. The van der Waals surface area contributed by atoms with Crippen LogP contribution >= 0.6 is 0 Å². The van der Waals surface area contributed by atoms with Crippen LogP contribution in [0.25, 0.3) is 0 Å². The smallest absolute Gasteiger partial charge is 0.263 e. The standard InChI is InChI=1S/C13H15FN2O3S/c1-9-3-4-13(12(14)5-9)15-20(18,19)11-6-10(8-17)16(2)7-11/h3-7,15,17H,8H2,1-2H3. The SMILES string of the molecule is Cc1ccc(NS(=O)(=O)c2cc(CO)n(C)c2)c(F)c1. The van der Waals surface area contributed by atoms with Crippen LogP contribution in [-0.2, 0) is 23.7 Å². The average Bonchev–Trinajstić information content (AvgIpc) is 2.75. The number of nitrogens with one attached hydrogen (secondary N) is 1. The summed E-state index contributed by atoms with van der Waals surface area (Å²) in [5, 5.41) is 9.07. The molecule has 0 aliphatic rings. The molecule has 0 saturated carbocycles. The van der Waals surface area contributed by atoms with Gasteiger partial charge in [-0.3, -0.25) is 4.72 Å². The van der Waals surface area contributed by atoms with E-state index in [9.17, 15) is 12.8 Å². The monoisotopic (exact) mass is 298 g/mol. The Kier molecular flexibility index (Phi) is 3.82. The van der Waals surface area contributed by atoms with Gasteiger partial charge in [0.25, 0.3) is 10.0 Å². The van der Waals surface area contributed by atoms with Gasteiger partial charge in [0, 0.05) is 18.9 Å². The summed E-state index contributed by atoms with van der Waals surface area (Å²) in [7, 11) is -2.26. The van der Waals surface area contributed by atoms with Gasteiger partial charge in [0.15, 0.2) is 0 Å². The molecule has 0 unspecified atom stereocenters. The van der Waals surface area contributed by atoms with Crippen molar-refractivity contribution in [3.8, 4) is 0 Å². The Balaban J connectivity index is 2.35. The molecule has 1 aromatic carbocycles. The van der Waals surface area contributed by atoms with Crippen LogP contribution in [0.15, 0.2) is 35.4 Å². The summed E-state index contributed by atoms with van der Waals surface area (Å²) >= 11 is 0. The fourth-order valence-electron chi connectivity index (χ4n) is 1.79. The van der Waals surface area contributed by atoms with E-state index >= 15 is 0 Å². The molecule has 7 heteroatoms. The van der Waals surface area contributed by atoms with Crippen molar-refractivity contribution in [2.24, 2.45) is 7.05 Å². The van der Waals surface area contributed by atoms with Gasteiger partial charge in [-0.2, -0.15) is 0 Å². The van der Waals surface area contributed by atoms with Crippen LogP contribution in [-0.4, -0.2) is 18.1 Å². The lowest BCUT2D eigenvalue weighted by atomic mass is 10.2. The van der Waals surface area contributed by atoms with E-state index < -0.39 is 15.8 Å². The van der Waals surface area contributed by atoms with E-state index in [1.807, 2.05) is 0 Å². The molecule has 0 bridgehead atoms. The molecule has 108 valence electrons. The molecule has 0 spiro atoms. The van der Waals surface area contributed by atoms with Gasteiger partial charge in [0.05, 0.1) is 12.3 Å². The fourth-order valence-corrected chi connectivity index (χ4v) is 2.95. The highest BCUT2D eigenvalue weighted by atomic mass is 32.2. The van der Waals surface area contributed by atoms with Crippen LogP contribution in [0.1, 0.15) is 11.3 Å². The third-order valence-corrected chi connectivity index (χ3v) is 4.26. The number of rotatable bonds is 4. The molecule has 0 radical (unpaired) electrons. The van der Waals surface area contributed by atoms with E-state index in [0.29, 0.717) is 11.3 Å². The minimum atomic E-state index is -3.88. The Hall–Kier alpha value is -1.86. The van der Waals surface area contributed by atoms with Crippen LogP contribution in [0.2, 0.25) is 0 Å². The lowest BCUT2D eigenvalue weighted by Gasteiger charge is -2.08. The summed E-state index contributed by atoms with van der Waals surface area (Å²) < 4.78 is 41.7. The van der Waals surface area contributed by atoms with E-state index in [1.54, 1.807) is 20.0 Å². The number of hydrogen-bond donors (Lipinski definition) is 2. The second-order valence-corrected chi connectivity index (χ2v) is 6.21. The lowest BCUT2D eigenvalue weighted by molar-refractivity contribution is 0.272. The van der Waals surface area contributed by atoms with E-state index in [0.717, 1.165) is 0 Å². The molecular weight excluding hydrogens is 283 g/mol. The first-order valence-electron chi connectivity index (χ1n) is 5.88. The van der Waals surface area contributed by atoms with Crippen molar-refractivity contribution in [1.82, 2.24) is 4.57 Å². The Morgan fingerprint density at radius 3 is 2.60 bits per heavy atom. The Bertz CT molecular complexity index is 738. The normalized spacial score (nSPS) is 11.6. The molecule has 2 N–H and O–H groups in total. The van der Waals surface area contributed by atoms with Crippen LogP contribution in [0, 0.1) is 12.7 Å². The predicted octanol–water partition coefficient (Wildman–Crippen LogP) is 1.77. The zero-order valence-corrected chi connectivity index (χ0v) is 11.9. The van der Waals surface area contributed by atoms with Crippen LogP contribution in [0.5, 0.6) is 0 Å². The maximum absolute atomic E-state index is 13.7. The third kappa shape index (κ3) is 2.83. The molecule has 0 aliphatic heterocycles. The molecule has 2 rings (SSSR count). The van der Waals surface area contributed by atoms with Crippen molar-refractivity contribution in [1.29, 1.82) is 0 Å². The second kappa shape index (κ2) is 5.26. The fraction of sp³-hybridized carbons (Fsp3) is 0.231. The van der Waals surface area contributed by atoms with E-state index in [1.165, 1.54) is 29.0 Å². The molecule has 0 atom stereocenters. The number of halogens is 1. The van der Waals surface area contributed by atoms with Gasteiger partial charge in [-0.1, -0.05) is 6.07 Å². The molecule has 0 aliphatic carbocycles. The van der Waals surface area contributed by atoms with Crippen molar-refractivity contribution in [3.63, 3.8) is 0 Å². The molecule has 0 amide bonds. The number of anilines is 1. The highest BCUT2D eigenvalue weighted by Crippen LogP contribution is 2.21. The predicted molar refractivity (Wildman–Crippen MR) is 73.3 cm³/mol. The van der Waals surface area contributed by atoms with Crippen LogP contribution < -0.4 is 4.72 Å². The molecule has 0 fully saturated rings. The van der Waals surface area contributed by atoms with Gasteiger partial charge < -0.3 is 9.67 Å². The second-order valence-electron chi connectivity index (χ2n) is 4.52. The third-order valence-electron chi connectivity index (χ3n) is 2.92. The molecule has 1 heterocycles. The average molecular weight is 298 g/mol. The van der Waals surface area contributed by atoms with Crippen molar-refractivity contribution in [2.75, 3.05) is 4.72 Å². The minimum absolute atomic E-state index is 0.0241. The summed E-state index contributed by atoms with van der Waals surface area (Å²) in [5.74, 6) is -0.633. The Morgan fingerprint density at radius 2 is 2.05 bits per heavy atom. The number of aromatic nitrogens is 1.